The fourth-order valence-electron chi connectivity index (χ4n) is 2.93. The van der Waals surface area contributed by atoms with E-state index < -0.39 is 11.6 Å². The highest BCUT2D eigenvalue weighted by Gasteiger charge is 2.22. The summed E-state index contributed by atoms with van der Waals surface area (Å²) in [5.74, 6) is -1.72. The summed E-state index contributed by atoms with van der Waals surface area (Å²) < 4.78 is 26.4. The van der Waals surface area contributed by atoms with Crippen molar-refractivity contribution >= 4 is 22.4 Å². The number of aryl methyl sites for hydroxylation is 1. The minimum Gasteiger partial charge on any atom is -0.302 e. The molecule has 1 amide bonds. The van der Waals surface area contributed by atoms with Crippen LogP contribution in [0.3, 0.4) is 0 Å². The van der Waals surface area contributed by atoms with Crippen LogP contribution in [0.1, 0.15) is 37.0 Å². The van der Waals surface area contributed by atoms with E-state index in [2.05, 4.69) is 10.3 Å². The number of nitrogens with one attached hydrogen (secondary N) is 1. The second kappa shape index (κ2) is 6.74. The predicted octanol–water partition coefficient (Wildman–Crippen LogP) is 4.92. The minimum atomic E-state index is -0.900. The average Bonchev–Trinajstić information content (AvgIpc) is 2.91. The first-order valence-corrected chi connectivity index (χ1v) is 8.60. The number of anilines is 1. The molecule has 1 heterocycles. The smallest absolute Gasteiger partial charge is 0.229 e. The molecule has 0 atom stereocenters. The van der Waals surface area contributed by atoms with Gasteiger partial charge < -0.3 is 5.32 Å². The van der Waals surface area contributed by atoms with Gasteiger partial charge in [-0.2, -0.15) is 0 Å². The molecule has 0 unspecified atom stereocenters. The van der Waals surface area contributed by atoms with Crippen molar-refractivity contribution in [3.63, 3.8) is 0 Å². The Bertz CT molecular complexity index is 723. The highest BCUT2D eigenvalue weighted by molar-refractivity contribution is 7.16. The zero-order valence-electron chi connectivity index (χ0n) is 12.9. The van der Waals surface area contributed by atoms with Crippen molar-refractivity contribution in [2.24, 2.45) is 5.92 Å². The summed E-state index contributed by atoms with van der Waals surface area (Å²) >= 11 is 1.35. The first kappa shape index (κ1) is 16.1. The van der Waals surface area contributed by atoms with Gasteiger partial charge in [-0.05, 0) is 38.0 Å². The summed E-state index contributed by atoms with van der Waals surface area (Å²) in [7, 11) is 0. The van der Waals surface area contributed by atoms with E-state index in [1.165, 1.54) is 23.8 Å². The Morgan fingerprint density at radius 3 is 2.65 bits per heavy atom. The summed E-state index contributed by atoms with van der Waals surface area (Å²) in [6.45, 7) is 1.85. The number of nitrogens with zero attached hydrogens (tertiary/aromatic N) is 1. The second-order valence-corrected chi connectivity index (χ2v) is 7.08. The van der Waals surface area contributed by atoms with Gasteiger partial charge >= 0.3 is 0 Å². The number of carbonyl (C=O) groups excluding carboxylic acids is 1. The number of halogens is 2. The van der Waals surface area contributed by atoms with Crippen LogP contribution in [0.5, 0.6) is 0 Å². The highest BCUT2D eigenvalue weighted by Crippen LogP contribution is 2.32. The molecule has 1 aromatic carbocycles. The lowest BCUT2D eigenvalue weighted by Gasteiger charge is -2.19. The van der Waals surface area contributed by atoms with E-state index >= 15 is 0 Å². The van der Waals surface area contributed by atoms with Gasteiger partial charge in [0.1, 0.15) is 0 Å². The lowest BCUT2D eigenvalue weighted by atomic mass is 9.89. The third-order valence-corrected chi connectivity index (χ3v) is 5.08. The van der Waals surface area contributed by atoms with Crippen LogP contribution in [0.15, 0.2) is 18.2 Å². The van der Waals surface area contributed by atoms with E-state index in [1.54, 1.807) is 0 Å². The molecule has 1 saturated carbocycles. The van der Waals surface area contributed by atoms with Gasteiger partial charge in [-0.25, -0.2) is 13.8 Å². The van der Waals surface area contributed by atoms with Gasteiger partial charge in [0.15, 0.2) is 16.8 Å². The number of rotatable bonds is 3. The number of amides is 1. The Balaban J connectivity index is 1.77. The van der Waals surface area contributed by atoms with Gasteiger partial charge in [-0.1, -0.05) is 19.3 Å². The lowest BCUT2D eigenvalue weighted by molar-refractivity contribution is -0.120. The number of benzene rings is 1. The molecule has 6 heteroatoms. The molecule has 3 nitrogen and oxygen atoms in total. The number of hydrogen-bond acceptors (Lipinski definition) is 3. The molecule has 1 fully saturated rings. The van der Waals surface area contributed by atoms with Gasteiger partial charge in [0, 0.05) is 16.4 Å². The average molecular weight is 336 g/mol. The second-order valence-electron chi connectivity index (χ2n) is 5.88. The summed E-state index contributed by atoms with van der Waals surface area (Å²) in [5, 5.41) is 3.38. The number of aromatic nitrogens is 1. The SMILES string of the molecule is Cc1sc(NC(=O)C2CCCCC2)nc1-c1ccc(F)c(F)c1. The number of thiazole rings is 1. The third kappa shape index (κ3) is 3.58. The molecule has 2 aromatic rings. The van der Waals surface area contributed by atoms with Crippen LogP contribution >= 0.6 is 11.3 Å². The van der Waals surface area contributed by atoms with Gasteiger partial charge in [-0.15, -0.1) is 11.3 Å². The topological polar surface area (TPSA) is 42.0 Å². The van der Waals surface area contributed by atoms with Crippen LogP contribution in [0.2, 0.25) is 0 Å². The summed E-state index contributed by atoms with van der Waals surface area (Å²) in [5.41, 5.74) is 1.09. The van der Waals surface area contributed by atoms with E-state index in [0.717, 1.165) is 42.7 Å². The zero-order chi connectivity index (χ0) is 16.4. The highest BCUT2D eigenvalue weighted by atomic mass is 32.1. The monoisotopic (exact) mass is 336 g/mol. The molecule has 122 valence electrons. The standard InChI is InChI=1S/C17H18F2N2OS/c1-10-15(12-7-8-13(18)14(19)9-12)20-17(23-10)21-16(22)11-5-3-2-4-6-11/h7-9,11H,2-6H2,1H3,(H,20,21,22). The van der Waals surface area contributed by atoms with Crippen molar-refractivity contribution in [1.29, 1.82) is 0 Å². The number of carbonyl (C=O) groups is 1. The molecule has 3 rings (SSSR count). The zero-order valence-corrected chi connectivity index (χ0v) is 13.7. The molecule has 1 aromatic heterocycles. The maximum Gasteiger partial charge on any atom is 0.229 e. The third-order valence-electron chi connectivity index (χ3n) is 4.20. The van der Waals surface area contributed by atoms with Gasteiger partial charge in [-0.3, -0.25) is 4.79 Å². The van der Waals surface area contributed by atoms with Crippen molar-refractivity contribution in [2.45, 2.75) is 39.0 Å². The minimum absolute atomic E-state index is 0.00952. The maximum atomic E-state index is 13.4. The summed E-state index contributed by atoms with van der Waals surface area (Å²) in [6.07, 6.45) is 5.23. The van der Waals surface area contributed by atoms with Crippen molar-refractivity contribution in [2.75, 3.05) is 5.32 Å². The Hall–Kier alpha value is -1.82. The van der Waals surface area contributed by atoms with E-state index in [-0.39, 0.29) is 11.8 Å². The molecule has 0 spiro atoms. The van der Waals surface area contributed by atoms with E-state index in [1.807, 2.05) is 6.92 Å². The van der Waals surface area contributed by atoms with Crippen molar-refractivity contribution < 1.29 is 13.6 Å². The molecule has 1 aliphatic carbocycles. The normalized spacial score (nSPS) is 15.6. The van der Waals surface area contributed by atoms with E-state index in [0.29, 0.717) is 16.4 Å². The van der Waals surface area contributed by atoms with E-state index in [4.69, 9.17) is 0 Å². The molecule has 0 aliphatic heterocycles. The molecular formula is C17H18F2N2OS. The molecule has 0 saturated heterocycles. The van der Waals surface area contributed by atoms with Gasteiger partial charge in [0.25, 0.3) is 0 Å². The predicted molar refractivity (Wildman–Crippen MR) is 87.4 cm³/mol. The van der Waals surface area contributed by atoms with Crippen LogP contribution in [0, 0.1) is 24.5 Å². The largest absolute Gasteiger partial charge is 0.302 e. The van der Waals surface area contributed by atoms with E-state index in [9.17, 15) is 13.6 Å². The van der Waals surface area contributed by atoms with Crippen molar-refractivity contribution in [3.05, 3.63) is 34.7 Å². The fraction of sp³-hybridized carbons (Fsp3) is 0.412. The maximum absolute atomic E-state index is 13.4. The fourth-order valence-corrected chi connectivity index (χ4v) is 3.77. The van der Waals surface area contributed by atoms with Crippen LogP contribution in [0.4, 0.5) is 13.9 Å². The van der Waals surface area contributed by atoms with Gasteiger partial charge in [0.2, 0.25) is 5.91 Å². The molecule has 0 bridgehead atoms. The Morgan fingerprint density at radius 1 is 1.22 bits per heavy atom. The quantitative estimate of drug-likeness (QED) is 0.865. The van der Waals surface area contributed by atoms with Crippen molar-refractivity contribution in [1.82, 2.24) is 4.98 Å². The van der Waals surface area contributed by atoms with Crippen LogP contribution in [-0.2, 0) is 4.79 Å². The van der Waals surface area contributed by atoms with Crippen LogP contribution < -0.4 is 5.32 Å². The first-order chi connectivity index (χ1) is 11.0. The number of hydrogen-bond donors (Lipinski definition) is 1. The Morgan fingerprint density at radius 2 is 1.96 bits per heavy atom. The lowest BCUT2D eigenvalue weighted by Crippen LogP contribution is -2.24. The first-order valence-electron chi connectivity index (χ1n) is 7.78. The van der Waals surface area contributed by atoms with Crippen LogP contribution in [0.25, 0.3) is 11.3 Å². The molecule has 23 heavy (non-hydrogen) atoms. The molecule has 1 aliphatic rings. The van der Waals surface area contributed by atoms with Crippen molar-refractivity contribution in [3.8, 4) is 11.3 Å². The summed E-state index contributed by atoms with van der Waals surface area (Å²) in [6, 6.07) is 3.71. The summed E-state index contributed by atoms with van der Waals surface area (Å²) in [4.78, 5) is 17.5. The molecular weight excluding hydrogens is 318 g/mol. The Labute approximate surface area is 137 Å². The Kier molecular flexibility index (Phi) is 4.71. The molecule has 1 N–H and O–H groups in total. The van der Waals surface area contributed by atoms with Crippen LogP contribution in [-0.4, -0.2) is 10.9 Å². The van der Waals surface area contributed by atoms with Gasteiger partial charge in [0.05, 0.1) is 5.69 Å². The molecule has 0 radical (unpaired) electrons.